The number of anilines is 1. The van der Waals surface area contributed by atoms with Gasteiger partial charge >= 0.3 is 0 Å². The van der Waals surface area contributed by atoms with Crippen molar-refractivity contribution in [2.45, 2.75) is 33.1 Å². The molecule has 0 atom stereocenters. The number of carbonyl (C=O) groups excluding carboxylic acids is 1. The predicted octanol–water partition coefficient (Wildman–Crippen LogP) is 5.20. The van der Waals surface area contributed by atoms with E-state index in [9.17, 15) is 4.79 Å². The monoisotopic (exact) mass is 526 g/mol. The van der Waals surface area contributed by atoms with E-state index in [0.717, 1.165) is 85.0 Å². The molecule has 6 rings (SSSR count). The normalized spacial score (nSPS) is 19.7. The van der Waals surface area contributed by atoms with Gasteiger partial charge in [0.25, 0.3) is 5.91 Å². The average Bonchev–Trinajstić information content (AvgIpc) is 3.59. The second-order valence-corrected chi connectivity index (χ2v) is 11.3. The van der Waals surface area contributed by atoms with Gasteiger partial charge in [0.05, 0.1) is 16.1 Å². The molecule has 0 unspecified atom stereocenters. The molecule has 0 saturated carbocycles. The average molecular weight is 527 g/mol. The molecule has 2 saturated heterocycles. The number of hydrogen-bond acceptors (Lipinski definition) is 7. The lowest BCUT2D eigenvalue weighted by Crippen LogP contribution is -2.46. The van der Waals surface area contributed by atoms with Gasteiger partial charge in [-0.25, -0.2) is 9.97 Å². The number of aliphatic imine (C=N–C) groups is 1. The summed E-state index contributed by atoms with van der Waals surface area (Å²) in [6.07, 6.45) is 7.12. The number of piperazine rings is 1. The van der Waals surface area contributed by atoms with Crippen LogP contribution in [0.1, 0.15) is 37.3 Å². The molecule has 196 valence electrons. The number of rotatable bonds is 5. The third-order valence-electron chi connectivity index (χ3n) is 7.67. The zero-order valence-electron chi connectivity index (χ0n) is 22.2. The standard InChI is InChI=1S/C30H34N6OS/c1-3-10-34-13-15-35(16-14-34)26-9-7-23(17-21(26)2)28-24-18-22(6-8-25(24)31-20-32-28)19-27-29(37)33-30(38-27)36-11-4-5-12-36/h6-9,17-20H,3-5,10-16H2,1-2H3/b27-19-. The van der Waals surface area contributed by atoms with Gasteiger partial charge in [0, 0.05) is 55.9 Å². The molecule has 3 aromatic rings. The van der Waals surface area contributed by atoms with E-state index in [-0.39, 0.29) is 5.91 Å². The Kier molecular flexibility index (Phi) is 7.17. The van der Waals surface area contributed by atoms with E-state index >= 15 is 0 Å². The van der Waals surface area contributed by atoms with Crippen LogP contribution in [0.15, 0.2) is 52.6 Å². The number of nitrogens with zero attached hydrogens (tertiary/aromatic N) is 6. The summed E-state index contributed by atoms with van der Waals surface area (Å²) in [7, 11) is 0. The lowest BCUT2D eigenvalue weighted by atomic mass is 10.0. The number of fused-ring (bicyclic) bond motifs is 1. The van der Waals surface area contributed by atoms with Crippen LogP contribution in [0.5, 0.6) is 0 Å². The molecular weight excluding hydrogens is 492 g/mol. The van der Waals surface area contributed by atoms with Crippen LogP contribution in [0.3, 0.4) is 0 Å². The lowest BCUT2D eigenvalue weighted by Gasteiger charge is -2.36. The van der Waals surface area contributed by atoms with Crippen molar-refractivity contribution >= 4 is 45.5 Å². The number of carbonyl (C=O) groups is 1. The molecule has 3 aliphatic rings. The SMILES string of the molecule is CCCN1CCN(c2ccc(-c3ncnc4ccc(/C=C5\SC(N6CCCC6)=NC5=O)cc34)cc2C)CC1. The molecule has 1 aromatic heterocycles. The van der Waals surface area contributed by atoms with Crippen molar-refractivity contribution in [1.29, 1.82) is 0 Å². The van der Waals surface area contributed by atoms with Crippen LogP contribution in [0.2, 0.25) is 0 Å². The Bertz CT molecular complexity index is 1420. The fourth-order valence-corrected chi connectivity index (χ4v) is 6.64. The summed E-state index contributed by atoms with van der Waals surface area (Å²) in [4.78, 5) is 34.1. The highest BCUT2D eigenvalue weighted by atomic mass is 32.2. The third kappa shape index (κ3) is 5.07. The van der Waals surface area contributed by atoms with Gasteiger partial charge in [0.2, 0.25) is 0 Å². The van der Waals surface area contributed by atoms with Crippen LogP contribution in [-0.2, 0) is 4.79 Å². The van der Waals surface area contributed by atoms with E-state index in [2.05, 4.69) is 67.8 Å². The minimum Gasteiger partial charge on any atom is -0.369 e. The Morgan fingerprint density at radius 3 is 2.53 bits per heavy atom. The van der Waals surface area contributed by atoms with Crippen LogP contribution in [0.4, 0.5) is 5.69 Å². The number of likely N-dealkylation sites (tertiary alicyclic amines) is 1. The smallest absolute Gasteiger partial charge is 0.286 e. The fraction of sp³-hybridized carbons (Fsp3) is 0.400. The molecule has 38 heavy (non-hydrogen) atoms. The molecule has 0 spiro atoms. The topological polar surface area (TPSA) is 64.9 Å². The first kappa shape index (κ1) is 25.1. The van der Waals surface area contributed by atoms with E-state index in [0.29, 0.717) is 4.91 Å². The van der Waals surface area contributed by atoms with Crippen LogP contribution in [-0.4, -0.2) is 76.7 Å². The Morgan fingerprint density at radius 1 is 0.947 bits per heavy atom. The Balaban J connectivity index is 1.26. The predicted molar refractivity (Wildman–Crippen MR) is 157 cm³/mol. The van der Waals surface area contributed by atoms with Crippen molar-refractivity contribution in [3.63, 3.8) is 0 Å². The maximum absolute atomic E-state index is 12.6. The van der Waals surface area contributed by atoms with Crippen molar-refractivity contribution in [3.05, 3.63) is 58.8 Å². The Labute approximate surface area is 228 Å². The van der Waals surface area contributed by atoms with Gasteiger partial charge < -0.3 is 9.80 Å². The Morgan fingerprint density at radius 2 is 1.76 bits per heavy atom. The number of hydrogen-bond donors (Lipinski definition) is 0. The largest absolute Gasteiger partial charge is 0.369 e. The summed E-state index contributed by atoms with van der Waals surface area (Å²) in [6, 6.07) is 12.8. The van der Waals surface area contributed by atoms with E-state index in [1.807, 2.05) is 18.2 Å². The minimum atomic E-state index is -0.150. The molecule has 1 amide bonds. The van der Waals surface area contributed by atoms with Crippen LogP contribution in [0, 0.1) is 6.92 Å². The van der Waals surface area contributed by atoms with Crippen LogP contribution < -0.4 is 4.90 Å². The van der Waals surface area contributed by atoms with Crippen molar-refractivity contribution in [1.82, 2.24) is 19.8 Å². The van der Waals surface area contributed by atoms with Gasteiger partial charge in [-0.05, 0) is 86.0 Å². The van der Waals surface area contributed by atoms with Crippen LogP contribution >= 0.6 is 11.8 Å². The number of aryl methyl sites for hydroxylation is 1. The number of benzene rings is 2. The molecule has 3 aliphatic heterocycles. The van der Waals surface area contributed by atoms with Crippen LogP contribution in [0.25, 0.3) is 28.2 Å². The van der Waals surface area contributed by atoms with Gasteiger partial charge in [0.1, 0.15) is 6.33 Å². The van der Waals surface area contributed by atoms with Crippen molar-refractivity contribution < 1.29 is 4.79 Å². The first-order valence-electron chi connectivity index (χ1n) is 13.7. The molecular formula is C30H34N6OS. The summed E-state index contributed by atoms with van der Waals surface area (Å²) in [6.45, 7) is 12.0. The summed E-state index contributed by atoms with van der Waals surface area (Å²) >= 11 is 1.49. The number of amides is 1. The second-order valence-electron chi connectivity index (χ2n) is 10.3. The summed E-state index contributed by atoms with van der Waals surface area (Å²) < 4.78 is 0. The number of thioether (sulfide) groups is 1. The fourth-order valence-electron chi connectivity index (χ4n) is 5.67. The van der Waals surface area contributed by atoms with Crippen molar-refractivity contribution in [3.8, 4) is 11.3 Å². The molecule has 2 aromatic carbocycles. The third-order valence-corrected chi connectivity index (χ3v) is 8.71. The molecule has 7 nitrogen and oxygen atoms in total. The minimum absolute atomic E-state index is 0.150. The molecule has 8 heteroatoms. The molecule has 0 radical (unpaired) electrons. The van der Waals surface area contributed by atoms with Gasteiger partial charge in [0.15, 0.2) is 5.17 Å². The van der Waals surface area contributed by atoms with Gasteiger partial charge in [-0.1, -0.05) is 19.1 Å². The van der Waals surface area contributed by atoms with E-state index in [4.69, 9.17) is 0 Å². The first-order valence-corrected chi connectivity index (χ1v) is 14.5. The van der Waals surface area contributed by atoms with E-state index < -0.39 is 0 Å². The summed E-state index contributed by atoms with van der Waals surface area (Å²) in [5.74, 6) is -0.150. The van der Waals surface area contributed by atoms with E-state index in [1.54, 1.807) is 6.33 Å². The lowest BCUT2D eigenvalue weighted by molar-refractivity contribution is -0.113. The zero-order valence-corrected chi connectivity index (χ0v) is 23.0. The summed E-state index contributed by atoms with van der Waals surface area (Å²) in [5, 5.41) is 1.82. The maximum atomic E-state index is 12.6. The molecule has 0 bridgehead atoms. The maximum Gasteiger partial charge on any atom is 0.286 e. The molecule has 4 heterocycles. The summed E-state index contributed by atoms with van der Waals surface area (Å²) in [5.41, 5.74) is 6.41. The first-order chi connectivity index (χ1) is 18.6. The highest BCUT2D eigenvalue weighted by Gasteiger charge is 2.27. The number of aromatic nitrogens is 2. The van der Waals surface area contributed by atoms with Gasteiger partial charge in [-0.2, -0.15) is 4.99 Å². The van der Waals surface area contributed by atoms with Crippen molar-refractivity contribution in [2.24, 2.45) is 4.99 Å². The molecule has 0 N–H and O–H groups in total. The van der Waals surface area contributed by atoms with Gasteiger partial charge in [-0.15, -0.1) is 0 Å². The molecule has 2 fully saturated rings. The zero-order chi connectivity index (χ0) is 26.1. The quantitative estimate of drug-likeness (QED) is 0.423. The highest BCUT2D eigenvalue weighted by Crippen LogP contribution is 2.34. The Hall–Kier alpha value is -3.23. The highest BCUT2D eigenvalue weighted by molar-refractivity contribution is 8.18. The number of amidine groups is 1. The van der Waals surface area contributed by atoms with E-state index in [1.165, 1.54) is 36.0 Å². The second kappa shape index (κ2) is 10.9. The molecule has 0 aliphatic carbocycles. The van der Waals surface area contributed by atoms with Crippen molar-refractivity contribution in [2.75, 3.05) is 50.7 Å². The van der Waals surface area contributed by atoms with Gasteiger partial charge in [-0.3, -0.25) is 9.69 Å².